The van der Waals surface area contributed by atoms with Crippen LogP contribution in [0, 0.1) is 5.82 Å². The Morgan fingerprint density at radius 3 is 2.50 bits per heavy atom. The van der Waals surface area contributed by atoms with Gasteiger partial charge >= 0.3 is 0 Å². The molecule has 0 N–H and O–H groups in total. The van der Waals surface area contributed by atoms with Crippen LogP contribution in [0.2, 0.25) is 0 Å². The van der Waals surface area contributed by atoms with Crippen LogP contribution in [0.4, 0.5) is 10.1 Å². The van der Waals surface area contributed by atoms with Crippen LogP contribution in [0.15, 0.2) is 60.8 Å². The van der Waals surface area contributed by atoms with Crippen molar-refractivity contribution in [2.75, 3.05) is 31.1 Å². The lowest BCUT2D eigenvalue weighted by Crippen LogP contribution is -2.46. The Kier molecular flexibility index (Phi) is 4.13. The third-order valence-electron chi connectivity index (χ3n) is 4.64. The lowest BCUT2D eigenvalue weighted by molar-refractivity contribution is 0.250. The van der Waals surface area contributed by atoms with Gasteiger partial charge in [-0.05, 0) is 29.8 Å². The molecule has 0 atom stereocenters. The Bertz CT molecular complexity index is 827. The van der Waals surface area contributed by atoms with Crippen LogP contribution in [0.25, 0.3) is 10.9 Å². The molecule has 0 unspecified atom stereocenters. The predicted octanol–water partition coefficient (Wildman–Crippen LogP) is 3.70. The first-order valence-electron chi connectivity index (χ1n) is 8.35. The van der Waals surface area contributed by atoms with Gasteiger partial charge in [-0.1, -0.05) is 30.3 Å². The summed E-state index contributed by atoms with van der Waals surface area (Å²) in [5.74, 6) is -0.209. The van der Waals surface area contributed by atoms with Crippen molar-refractivity contribution >= 4 is 16.6 Å². The van der Waals surface area contributed by atoms with Crippen molar-refractivity contribution < 1.29 is 4.39 Å². The third-order valence-corrected chi connectivity index (χ3v) is 4.64. The quantitative estimate of drug-likeness (QED) is 0.733. The molecule has 0 amide bonds. The van der Waals surface area contributed by atoms with Crippen LogP contribution in [0.5, 0.6) is 0 Å². The van der Waals surface area contributed by atoms with Crippen LogP contribution >= 0.6 is 0 Å². The Morgan fingerprint density at radius 2 is 1.71 bits per heavy atom. The summed E-state index contributed by atoms with van der Waals surface area (Å²) in [7, 11) is 0. The predicted molar refractivity (Wildman–Crippen MR) is 95.6 cm³/mol. The van der Waals surface area contributed by atoms with E-state index in [4.69, 9.17) is 0 Å². The summed E-state index contributed by atoms with van der Waals surface area (Å²) in [4.78, 5) is 9.15. The van der Waals surface area contributed by atoms with Crippen LogP contribution in [0.1, 0.15) is 5.56 Å². The van der Waals surface area contributed by atoms with E-state index >= 15 is 0 Å². The summed E-state index contributed by atoms with van der Waals surface area (Å²) < 4.78 is 13.6. The third kappa shape index (κ3) is 3.10. The minimum atomic E-state index is -0.209. The number of hydrogen-bond acceptors (Lipinski definition) is 3. The van der Waals surface area contributed by atoms with Gasteiger partial charge in [-0.2, -0.15) is 0 Å². The van der Waals surface area contributed by atoms with Crippen molar-refractivity contribution in [3.05, 3.63) is 72.2 Å². The van der Waals surface area contributed by atoms with Crippen molar-refractivity contribution in [2.24, 2.45) is 0 Å². The van der Waals surface area contributed by atoms with Crippen LogP contribution in [-0.4, -0.2) is 36.1 Å². The number of hydrogen-bond donors (Lipinski definition) is 0. The number of fused-ring (bicyclic) bond motifs is 1. The minimum absolute atomic E-state index is 0.209. The Labute approximate surface area is 141 Å². The standard InChI is InChI=1S/C20H20FN3/c21-17-6-7-19-18(14-17)20(8-9-22-19)24-12-10-23(11-13-24)15-16-4-2-1-3-5-16/h1-9,14H,10-13,15H2. The molecule has 0 bridgehead atoms. The van der Waals surface area contributed by atoms with Crippen LogP contribution in [-0.2, 0) is 6.54 Å². The molecule has 4 rings (SSSR count). The molecule has 2 heterocycles. The molecular formula is C20H20FN3. The van der Waals surface area contributed by atoms with Gasteiger partial charge in [-0.25, -0.2) is 4.39 Å². The highest BCUT2D eigenvalue weighted by atomic mass is 19.1. The van der Waals surface area contributed by atoms with E-state index in [0.717, 1.165) is 49.3 Å². The van der Waals surface area contributed by atoms with Crippen molar-refractivity contribution in [3.63, 3.8) is 0 Å². The topological polar surface area (TPSA) is 19.4 Å². The normalized spacial score (nSPS) is 15.8. The molecule has 0 saturated carbocycles. The van der Waals surface area contributed by atoms with Gasteiger partial charge in [-0.15, -0.1) is 0 Å². The van der Waals surface area contributed by atoms with Crippen LogP contribution < -0.4 is 4.90 Å². The molecule has 0 radical (unpaired) electrons. The molecule has 4 heteroatoms. The zero-order chi connectivity index (χ0) is 16.4. The number of halogens is 1. The summed E-state index contributed by atoms with van der Waals surface area (Å²) in [6.07, 6.45) is 1.81. The number of pyridine rings is 1. The van der Waals surface area contributed by atoms with E-state index in [0.29, 0.717) is 0 Å². The van der Waals surface area contributed by atoms with E-state index in [2.05, 4.69) is 45.1 Å². The zero-order valence-corrected chi connectivity index (χ0v) is 13.5. The molecule has 2 aromatic carbocycles. The number of anilines is 1. The van der Waals surface area contributed by atoms with Crippen molar-refractivity contribution in [3.8, 4) is 0 Å². The second-order valence-electron chi connectivity index (χ2n) is 6.24. The first-order chi connectivity index (χ1) is 11.8. The maximum absolute atomic E-state index is 13.6. The van der Waals surface area contributed by atoms with Gasteiger partial charge in [0.25, 0.3) is 0 Å². The first-order valence-corrected chi connectivity index (χ1v) is 8.35. The lowest BCUT2D eigenvalue weighted by atomic mass is 10.1. The van der Waals surface area contributed by atoms with Crippen molar-refractivity contribution in [1.82, 2.24) is 9.88 Å². The smallest absolute Gasteiger partial charge is 0.124 e. The largest absolute Gasteiger partial charge is 0.368 e. The molecule has 1 aromatic heterocycles. The SMILES string of the molecule is Fc1ccc2nccc(N3CCN(Cc4ccccc4)CC3)c2c1. The molecule has 0 aliphatic carbocycles. The highest BCUT2D eigenvalue weighted by molar-refractivity contribution is 5.91. The molecule has 1 saturated heterocycles. The van der Waals surface area contributed by atoms with Gasteiger partial charge in [0.05, 0.1) is 5.52 Å². The Balaban J connectivity index is 1.49. The molecular weight excluding hydrogens is 301 g/mol. The molecule has 3 nitrogen and oxygen atoms in total. The highest BCUT2D eigenvalue weighted by Gasteiger charge is 2.19. The fourth-order valence-electron chi connectivity index (χ4n) is 3.37. The Morgan fingerprint density at radius 1 is 0.917 bits per heavy atom. The highest BCUT2D eigenvalue weighted by Crippen LogP contribution is 2.27. The van der Waals surface area contributed by atoms with E-state index in [1.807, 2.05) is 12.3 Å². The summed E-state index contributed by atoms with van der Waals surface area (Å²) >= 11 is 0. The zero-order valence-electron chi connectivity index (χ0n) is 13.5. The maximum Gasteiger partial charge on any atom is 0.124 e. The number of aromatic nitrogens is 1. The summed E-state index contributed by atoms with van der Waals surface area (Å²) in [5, 5.41) is 0.897. The molecule has 122 valence electrons. The van der Waals surface area contributed by atoms with Gasteiger partial charge in [0.1, 0.15) is 5.82 Å². The molecule has 24 heavy (non-hydrogen) atoms. The first kappa shape index (κ1) is 15.1. The second kappa shape index (κ2) is 6.57. The van der Waals surface area contributed by atoms with Gasteiger partial charge < -0.3 is 4.90 Å². The summed E-state index contributed by atoms with van der Waals surface area (Å²) in [6, 6.07) is 17.4. The molecule has 0 spiro atoms. The molecule has 1 aliphatic heterocycles. The number of nitrogens with zero attached hydrogens (tertiary/aromatic N) is 3. The van der Waals surface area contributed by atoms with Gasteiger partial charge in [0, 0.05) is 50.0 Å². The molecule has 1 fully saturated rings. The summed E-state index contributed by atoms with van der Waals surface area (Å²) in [5.41, 5.74) is 3.28. The lowest BCUT2D eigenvalue weighted by Gasteiger charge is -2.36. The van der Waals surface area contributed by atoms with Crippen molar-refractivity contribution in [2.45, 2.75) is 6.54 Å². The average Bonchev–Trinajstić information content (AvgIpc) is 2.63. The van der Waals surface area contributed by atoms with E-state index in [1.54, 1.807) is 12.1 Å². The monoisotopic (exact) mass is 321 g/mol. The summed E-state index contributed by atoms with van der Waals surface area (Å²) in [6.45, 7) is 4.90. The average molecular weight is 321 g/mol. The maximum atomic E-state index is 13.6. The number of rotatable bonds is 3. The fraction of sp³-hybridized carbons (Fsp3) is 0.250. The fourth-order valence-corrected chi connectivity index (χ4v) is 3.37. The van der Waals surface area contributed by atoms with E-state index in [-0.39, 0.29) is 5.82 Å². The van der Waals surface area contributed by atoms with E-state index in [9.17, 15) is 4.39 Å². The second-order valence-corrected chi connectivity index (χ2v) is 6.24. The molecule has 1 aliphatic rings. The van der Waals surface area contributed by atoms with Crippen molar-refractivity contribution in [1.29, 1.82) is 0 Å². The van der Waals surface area contributed by atoms with E-state index in [1.165, 1.54) is 11.6 Å². The van der Waals surface area contributed by atoms with Gasteiger partial charge in [0.2, 0.25) is 0 Å². The molecule has 3 aromatic rings. The number of piperazine rings is 1. The minimum Gasteiger partial charge on any atom is -0.368 e. The van der Waals surface area contributed by atoms with E-state index < -0.39 is 0 Å². The number of benzene rings is 2. The Hall–Kier alpha value is -2.46. The van der Waals surface area contributed by atoms with Gasteiger partial charge in [-0.3, -0.25) is 9.88 Å². The van der Waals surface area contributed by atoms with Gasteiger partial charge in [0.15, 0.2) is 0 Å². The van der Waals surface area contributed by atoms with Crippen LogP contribution in [0.3, 0.4) is 0 Å².